The van der Waals surface area contributed by atoms with Gasteiger partial charge in [-0.1, -0.05) is 6.92 Å². The van der Waals surface area contributed by atoms with Gasteiger partial charge in [-0.2, -0.15) is 0 Å². The Morgan fingerprint density at radius 1 is 1.36 bits per heavy atom. The molecule has 2 nitrogen and oxygen atoms in total. The van der Waals surface area contributed by atoms with E-state index in [1.54, 1.807) is 0 Å². The summed E-state index contributed by atoms with van der Waals surface area (Å²) in [4.78, 5) is 0. The molecule has 3 heteroatoms. The number of hydrogen-bond donors (Lipinski definition) is 0. The van der Waals surface area contributed by atoms with Gasteiger partial charge in [-0.3, -0.25) is 4.67 Å². The van der Waals surface area contributed by atoms with Crippen LogP contribution in [0.3, 0.4) is 0 Å². The summed E-state index contributed by atoms with van der Waals surface area (Å²) in [7, 11) is -1.97. The van der Waals surface area contributed by atoms with Crippen molar-refractivity contribution in [2.45, 2.75) is 26.3 Å². The maximum atomic E-state index is 11.7. The van der Waals surface area contributed by atoms with Crippen molar-refractivity contribution in [1.82, 2.24) is 4.67 Å². The van der Waals surface area contributed by atoms with Crippen LogP contribution in [0.15, 0.2) is 0 Å². The number of nitrogens with zero attached hydrogens (tertiary/aromatic N) is 1. The molecule has 1 heterocycles. The SMILES string of the molecule is CC1CC(C)N(P(C)(C)=O)C1. The Kier molecular flexibility index (Phi) is 2.46. The summed E-state index contributed by atoms with van der Waals surface area (Å²) in [5, 5.41) is 0. The zero-order valence-electron chi connectivity index (χ0n) is 7.87. The van der Waals surface area contributed by atoms with Gasteiger partial charge >= 0.3 is 0 Å². The van der Waals surface area contributed by atoms with Crippen molar-refractivity contribution in [2.75, 3.05) is 19.9 Å². The zero-order chi connectivity index (χ0) is 8.65. The van der Waals surface area contributed by atoms with Crippen LogP contribution in [0.1, 0.15) is 20.3 Å². The quantitative estimate of drug-likeness (QED) is 0.570. The minimum atomic E-state index is -1.97. The van der Waals surface area contributed by atoms with E-state index in [-0.39, 0.29) is 0 Å². The minimum absolute atomic E-state index is 0.519. The Bertz CT molecular complexity index is 187. The van der Waals surface area contributed by atoms with Gasteiger partial charge in [0.1, 0.15) is 7.29 Å². The molecule has 1 aliphatic heterocycles. The van der Waals surface area contributed by atoms with E-state index in [0.717, 1.165) is 12.5 Å². The van der Waals surface area contributed by atoms with Crippen molar-refractivity contribution in [2.24, 2.45) is 5.92 Å². The molecule has 0 aromatic carbocycles. The molecule has 0 bridgehead atoms. The lowest BCUT2D eigenvalue weighted by atomic mass is 10.1. The summed E-state index contributed by atoms with van der Waals surface area (Å²) in [5.41, 5.74) is 0. The molecule has 11 heavy (non-hydrogen) atoms. The average Bonchev–Trinajstić information content (AvgIpc) is 2.08. The maximum Gasteiger partial charge on any atom is 0.144 e. The first-order valence-electron chi connectivity index (χ1n) is 4.23. The van der Waals surface area contributed by atoms with Crippen LogP contribution in [0, 0.1) is 5.92 Å². The van der Waals surface area contributed by atoms with Crippen molar-refractivity contribution < 1.29 is 4.57 Å². The van der Waals surface area contributed by atoms with Crippen LogP contribution < -0.4 is 0 Å². The molecule has 0 aromatic rings. The standard InChI is InChI=1S/C8H18NOP/c1-7-5-8(2)9(6-7)11(3,4)10/h7-8H,5-6H2,1-4H3. The summed E-state index contributed by atoms with van der Waals surface area (Å²) in [6.45, 7) is 9.14. The number of hydrogen-bond acceptors (Lipinski definition) is 1. The third-order valence-corrected chi connectivity index (χ3v) is 4.16. The first-order valence-corrected chi connectivity index (χ1v) is 6.78. The highest BCUT2D eigenvalue weighted by Gasteiger charge is 2.32. The molecule has 0 aliphatic carbocycles. The fraction of sp³-hybridized carbons (Fsp3) is 1.00. The Morgan fingerprint density at radius 2 is 1.91 bits per heavy atom. The lowest BCUT2D eigenvalue weighted by Gasteiger charge is -2.25. The fourth-order valence-electron chi connectivity index (χ4n) is 1.95. The summed E-state index contributed by atoms with van der Waals surface area (Å²) in [5.74, 6) is 0.721. The van der Waals surface area contributed by atoms with Crippen LogP contribution in [0.2, 0.25) is 0 Å². The van der Waals surface area contributed by atoms with E-state index in [2.05, 4.69) is 18.5 Å². The second-order valence-electron chi connectivity index (χ2n) is 4.11. The molecular weight excluding hydrogens is 157 g/mol. The Hall–Kier alpha value is 0.190. The van der Waals surface area contributed by atoms with Crippen molar-refractivity contribution in [1.29, 1.82) is 0 Å². The van der Waals surface area contributed by atoms with Crippen LogP contribution in [-0.4, -0.2) is 30.6 Å². The van der Waals surface area contributed by atoms with Crippen LogP contribution in [0.5, 0.6) is 0 Å². The normalized spacial score (nSPS) is 34.5. The molecule has 0 radical (unpaired) electrons. The van der Waals surface area contributed by atoms with Crippen molar-refractivity contribution in [3.63, 3.8) is 0 Å². The van der Waals surface area contributed by atoms with E-state index in [0.29, 0.717) is 6.04 Å². The second-order valence-corrected chi connectivity index (χ2v) is 7.21. The van der Waals surface area contributed by atoms with E-state index in [1.165, 1.54) is 6.42 Å². The first kappa shape index (κ1) is 9.28. The highest BCUT2D eigenvalue weighted by atomic mass is 31.2. The van der Waals surface area contributed by atoms with Gasteiger partial charge in [-0.25, -0.2) is 0 Å². The van der Waals surface area contributed by atoms with Gasteiger partial charge in [0.05, 0.1) is 0 Å². The minimum Gasteiger partial charge on any atom is -0.307 e. The lowest BCUT2D eigenvalue weighted by Crippen LogP contribution is -2.22. The maximum absolute atomic E-state index is 11.7. The average molecular weight is 175 g/mol. The molecule has 0 amide bonds. The molecule has 1 fully saturated rings. The molecule has 0 spiro atoms. The lowest BCUT2D eigenvalue weighted by molar-refractivity contribution is 0.410. The molecule has 0 aromatic heterocycles. The molecule has 2 atom stereocenters. The van der Waals surface area contributed by atoms with Crippen LogP contribution in [0.25, 0.3) is 0 Å². The summed E-state index contributed by atoms with van der Waals surface area (Å²) >= 11 is 0. The summed E-state index contributed by atoms with van der Waals surface area (Å²) in [6, 6.07) is 0.519. The molecular formula is C8H18NOP. The van der Waals surface area contributed by atoms with E-state index in [1.807, 2.05) is 13.3 Å². The first-order chi connectivity index (χ1) is 4.91. The monoisotopic (exact) mass is 175 g/mol. The zero-order valence-corrected chi connectivity index (χ0v) is 8.77. The van der Waals surface area contributed by atoms with E-state index in [9.17, 15) is 4.57 Å². The van der Waals surface area contributed by atoms with Gasteiger partial charge in [0.2, 0.25) is 0 Å². The Labute approximate surface area is 69.4 Å². The van der Waals surface area contributed by atoms with E-state index in [4.69, 9.17) is 0 Å². The summed E-state index contributed by atoms with van der Waals surface area (Å²) < 4.78 is 13.9. The molecule has 1 saturated heterocycles. The Morgan fingerprint density at radius 3 is 2.09 bits per heavy atom. The van der Waals surface area contributed by atoms with Crippen LogP contribution in [0.4, 0.5) is 0 Å². The topological polar surface area (TPSA) is 20.3 Å². The van der Waals surface area contributed by atoms with Gasteiger partial charge in [-0.05, 0) is 19.3 Å². The molecule has 1 rings (SSSR count). The molecule has 66 valence electrons. The van der Waals surface area contributed by atoms with Crippen LogP contribution in [-0.2, 0) is 4.57 Å². The van der Waals surface area contributed by atoms with Gasteiger partial charge in [0.15, 0.2) is 0 Å². The molecule has 1 aliphatic rings. The largest absolute Gasteiger partial charge is 0.307 e. The smallest absolute Gasteiger partial charge is 0.144 e. The summed E-state index contributed by atoms with van der Waals surface area (Å²) in [6.07, 6.45) is 1.20. The highest BCUT2D eigenvalue weighted by molar-refractivity contribution is 7.59. The van der Waals surface area contributed by atoms with Crippen molar-refractivity contribution in [3.05, 3.63) is 0 Å². The predicted molar refractivity (Wildman–Crippen MR) is 49.4 cm³/mol. The highest BCUT2D eigenvalue weighted by Crippen LogP contribution is 2.47. The van der Waals surface area contributed by atoms with E-state index < -0.39 is 7.29 Å². The van der Waals surface area contributed by atoms with Crippen LogP contribution >= 0.6 is 7.29 Å². The predicted octanol–water partition coefficient (Wildman–Crippen LogP) is 2.25. The third kappa shape index (κ3) is 2.07. The van der Waals surface area contributed by atoms with Gasteiger partial charge < -0.3 is 4.57 Å². The molecule has 0 N–H and O–H groups in total. The fourth-order valence-corrected chi connectivity index (χ4v) is 3.66. The second kappa shape index (κ2) is 2.91. The van der Waals surface area contributed by atoms with Crippen molar-refractivity contribution >= 4 is 7.29 Å². The Balaban J connectivity index is 2.68. The molecule has 2 unspecified atom stereocenters. The third-order valence-electron chi connectivity index (χ3n) is 2.37. The number of rotatable bonds is 1. The van der Waals surface area contributed by atoms with Gasteiger partial charge in [0.25, 0.3) is 0 Å². The van der Waals surface area contributed by atoms with Gasteiger partial charge in [0, 0.05) is 25.9 Å². The van der Waals surface area contributed by atoms with Crippen molar-refractivity contribution in [3.8, 4) is 0 Å². The van der Waals surface area contributed by atoms with Gasteiger partial charge in [-0.15, -0.1) is 0 Å². The van der Waals surface area contributed by atoms with E-state index >= 15 is 0 Å². The molecule has 0 saturated carbocycles.